The van der Waals surface area contributed by atoms with Gasteiger partial charge >= 0.3 is 0 Å². The first-order valence-corrected chi connectivity index (χ1v) is 10.2. The van der Waals surface area contributed by atoms with Gasteiger partial charge in [-0.2, -0.15) is 0 Å². The monoisotopic (exact) mass is 410 g/mol. The van der Waals surface area contributed by atoms with E-state index in [1.54, 1.807) is 29.9 Å². The number of nitrogens with one attached hydrogen (secondary N) is 1. The second-order valence-electron chi connectivity index (χ2n) is 6.00. The van der Waals surface area contributed by atoms with Crippen molar-refractivity contribution in [2.45, 2.75) is 13.5 Å². The molecule has 1 aromatic carbocycles. The SMILES string of the molecule is Cc1nc(-c2ccc(F)cc2)c(-c2nc(C(=O)NCc3cccnc3)cs2)s1. The van der Waals surface area contributed by atoms with E-state index < -0.39 is 0 Å². The molecule has 3 heterocycles. The van der Waals surface area contributed by atoms with Crippen LogP contribution in [0.4, 0.5) is 4.39 Å². The molecular formula is C20H15FN4OS2. The summed E-state index contributed by atoms with van der Waals surface area (Å²) in [5.41, 5.74) is 2.85. The van der Waals surface area contributed by atoms with Crippen molar-refractivity contribution < 1.29 is 9.18 Å². The number of pyridine rings is 1. The number of halogens is 1. The van der Waals surface area contributed by atoms with E-state index in [2.05, 4.69) is 20.3 Å². The van der Waals surface area contributed by atoms with Gasteiger partial charge in [0.1, 0.15) is 16.5 Å². The molecule has 4 rings (SSSR count). The zero-order valence-electron chi connectivity index (χ0n) is 14.8. The summed E-state index contributed by atoms with van der Waals surface area (Å²) in [7, 11) is 0. The number of hydrogen-bond donors (Lipinski definition) is 1. The lowest BCUT2D eigenvalue weighted by Crippen LogP contribution is -2.23. The Labute approximate surface area is 169 Å². The van der Waals surface area contributed by atoms with Crippen molar-refractivity contribution in [3.63, 3.8) is 0 Å². The average molecular weight is 410 g/mol. The Hall–Kier alpha value is -2.97. The first-order valence-electron chi connectivity index (χ1n) is 8.46. The van der Waals surface area contributed by atoms with Gasteiger partial charge in [-0.25, -0.2) is 14.4 Å². The molecule has 0 saturated carbocycles. The molecule has 0 bridgehead atoms. The highest BCUT2D eigenvalue weighted by Gasteiger charge is 2.18. The number of thiazole rings is 2. The number of carbonyl (C=O) groups is 1. The average Bonchev–Trinajstić information content (AvgIpc) is 3.34. The van der Waals surface area contributed by atoms with E-state index in [1.165, 1.54) is 34.8 Å². The summed E-state index contributed by atoms with van der Waals surface area (Å²) in [5.74, 6) is -0.532. The highest BCUT2D eigenvalue weighted by atomic mass is 32.1. The maximum atomic E-state index is 13.2. The Kier molecular flexibility index (Phi) is 5.23. The van der Waals surface area contributed by atoms with Crippen LogP contribution in [0, 0.1) is 12.7 Å². The minimum Gasteiger partial charge on any atom is -0.347 e. The third-order valence-corrected chi connectivity index (χ3v) is 5.93. The first kappa shape index (κ1) is 18.4. The van der Waals surface area contributed by atoms with Crippen molar-refractivity contribution in [1.29, 1.82) is 0 Å². The van der Waals surface area contributed by atoms with E-state index in [1.807, 2.05) is 19.1 Å². The molecule has 28 heavy (non-hydrogen) atoms. The fourth-order valence-electron chi connectivity index (χ4n) is 2.63. The molecule has 0 saturated heterocycles. The van der Waals surface area contributed by atoms with E-state index in [0.29, 0.717) is 12.2 Å². The number of amides is 1. The van der Waals surface area contributed by atoms with Gasteiger partial charge in [-0.05, 0) is 42.8 Å². The second kappa shape index (κ2) is 7.95. The van der Waals surface area contributed by atoms with Crippen LogP contribution < -0.4 is 5.32 Å². The molecule has 0 radical (unpaired) electrons. The maximum Gasteiger partial charge on any atom is 0.271 e. The summed E-state index contributed by atoms with van der Waals surface area (Å²) in [6, 6.07) is 9.94. The van der Waals surface area contributed by atoms with Crippen molar-refractivity contribution in [2.24, 2.45) is 0 Å². The predicted octanol–water partition coefficient (Wildman–Crippen LogP) is 4.71. The third-order valence-electron chi connectivity index (χ3n) is 3.96. The summed E-state index contributed by atoms with van der Waals surface area (Å²) < 4.78 is 13.2. The van der Waals surface area contributed by atoms with Gasteiger partial charge in [0.25, 0.3) is 5.91 Å². The van der Waals surface area contributed by atoms with Crippen molar-refractivity contribution in [1.82, 2.24) is 20.3 Å². The van der Waals surface area contributed by atoms with E-state index >= 15 is 0 Å². The number of carbonyl (C=O) groups excluding carboxylic acids is 1. The molecule has 3 aromatic heterocycles. The number of aromatic nitrogens is 3. The Morgan fingerprint density at radius 1 is 1.18 bits per heavy atom. The summed E-state index contributed by atoms with van der Waals surface area (Å²) in [5, 5.41) is 6.18. The van der Waals surface area contributed by atoms with Crippen molar-refractivity contribution >= 4 is 28.6 Å². The van der Waals surface area contributed by atoms with Gasteiger partial charge < -0.3 is 5.32 Å². The number of nitrogens with zero attached hydrogens (tertiary/aromatic N) is 3. The standard InChI is InChI=1S/C20H15FN4OS2/c1-12-24-17(14-4-6-15(21)7-5-14)18(28-12)20-25-16(11-27-20)19(26)23-10-13-3-2-8-22-9-13/h2-9,11H,10H2,1H3,(H,23,26). The fourth-order valence-corrected chi connectivity index (χ4v) is 4.47. The van der Waals surface area contributed by atoms with Crippen LogP contribution in [0.1, 0.15) is 21.1 Å². The Bertz CT molecular complexity index is 1110. The van der Waals surface area contributed by atoms with Gasteiger partial charge in [-0.3, -0.25) is 9.78 Å². The smallest absolute Gasteiger partial charge is 0.271 e. The Morgan fingerprint density at radius 3 is 2.75 bits per heavy atom. The predicted molar refractivity (Wildman–Crippen MR) is 109 cm³/mol. The second-order valence-corrected chi connectivity index (χ2v) is 8.06. The molecular weight excluding hydrogens is 395 g/mol. The molecule has 1 amide bonds. The van der Waals surface area contributed by atoms with Gasteiger partial charge in [0.15, 0.2) is 0 Å². The molecule has 0 aliphatic rings. The molecule has 0 fully saturated rings. The van der Waals surface area contributed by atoms with Gasteiger partial charge in [0, 0.05) is 29.9 Å². The molecule has 140 valence electrons. The van der Waals surface area contributed by atoms with Crippen molar-refractivity contribution in [3.05, 3.63) is 76.3 Å². The van der Waals surface area contributed by atoms with Crippen LogP contribution in [0.15, 0.2) is 54.2 Å². The summed E-state index contributed by atoms with van der Waals surface area (Å²) in [4.78, 5) is 26.4. The summed E-state index contributed by atoms with van der Waals surface area (Å²) in [6.45, 7) is 2.30. The number of rotatable bonds is 5. The van der Waals surface area contributed by atoms with E-state index in [-0.39, 0.29) is 11.7 Å². The lowest BCUT2D eigenvalue weighted by Gasteiger charge is -2.02. The van der Waals surface area contributed by atoms with Gasteiger partial charge in [-0.1, -0.05) is 6.07 Å². The van der Waals surface area contributed by atoms with E-state index in [9.17, 15) is 9.18 Å². The molecule has 8 heteroatoms. The maximum absolute atomic E-state index is 13.2. The minimum atomic E-state index is -0.293. The van der Waals surface area contributed by atoms with Gasteiger partial charge in [0.2, 0.25) is 0 Å². The minimum absolute atomic E-state index is 0.240. The lowest BCUT2D eigenvalue weighted by molar-refractivity contribution is 0.0946. The molecule has 4 aromatic rings. The number of aryl methyl sites for hydroxylation is 1. The topological polar surface area (TPSA) is 67.8 Å². The molecule has 0 aliphatic carbocycles. The Morgan fingerprint density at radius 2 is 2.00 bits per heavy atom. The largest absolute Gasteiger partial charge is 0.347 e. The molecule has 0 spiro atoms. The molecule has 0 aliphatic heterocycles. The zero-order chi connectivity index (χ0) is 19.5. The van der Waals surface area contributed by atoms with Crippen LogP contribution >= 0.6 is 22.7 Å². The van der Waals surface area contributed by atoms with Crippen LogP contribution in [0.5, 0.6) is 0 Å². The van der Waals surface area contributed by atoms with Crippen LogP contribution in [0.25, 0.3) is 21.1 Å². The van der Waals surface area contributed by atoms with Crippen LogP contribution in [-0.2, 0) is 6.54 Å². The molecule has 5 nitrogen and oxygen atoms in total. The molecule has 0 unspecified atom stereocenters. The van der Waals surface area contributed by atoms with Crippen molar-refractivity contribution in [2.75, 3.05) is 0 Å². The highest BCUT2D eigenvalue weighted by Crippen LogP contribution is 2.38. The molecule has 0 atom stereocenters. The summed E-state index contributed by atoms with van der Waals surface area (Å²) in [6.07, 6.45) is 3.40. The molecule has 1 N–H and O–H groups in total. The van der Waals surface area contributed by atoms with Crippen molar-refractivity contribution in [3.8, 4) is 21.1 Å². The van der Waals surface area contributed by atoms with Crippen LogP contribution in [0.2, 0.25) is 0 Å². The highest BCUT2D eigenvalue weighted by molar-refractivity contribution is 7.21. The fraction of sp³-hybridized carbons (Fsp3) is 0.100. The van der Waals surface area contributed by atoms with Gasteiger partial charge in [0.05, 0.1) is 15.6 Å². The zero-order valence-corrected chi connectivity index (χ0v) is 16.5. The lowest BCUT2D eigenvalue weighted by atomic mass is 10.1. The number of hydrogen-bond acceptors (Lipinski definition) is 6. The van der Waals surface area contributed by atoms with E-state index in [4.69, 9.17) is 0 Å². The first-order chi connectivity index (χ1) is 13.6. The third kappa shape index (κ3) is 3.97. The summed E-state index contributed by atoms with van der Waals surface area (Å²) >= 11 is 2.89. The quantitative estimate of drug-likeness (QED) is 0.518. The van der Waals surface area contributed by atoms with Crippen LogP contribution in [-0.4, -0.2) is 20.9 Å². The van der Waals surface area contributed by atoms with Crippen LogP contribution in [0.3, 0.4) is 0 Å². The normalized spacial score (nSPS) is 10.8. The van der Waals surface area contributed by atoms with E-state index in [0.717, 1.165) is 31.7 Å². The van der Waals surface area contributed by atoms with Gasteiger partial charge in [-0.15, -0.1) is 22.7 Å². The number of benzene rings is 1. The Balaban J connectivity index is 1.56.